The molecule has 4 rings (SSSR count). The summed E-state index contributed by atoms with van der Waals surface area (Å²) in [7, 11) is 0. The molecule has 1 aliphatic heterocycles. The standard InChI is InChI=1S/C18H20N4OS/c23-18(16-2-1-15(24-16)14-3-6-19-7-4-14)21-12-13-5-9-22-10-8-20-17(22)11-13/h1-2,5,8-11,14,19H,3-4,6-7,12H2,(H,21,23). The fourth-order valence-corrected chi connectivity index (χ4v) is 4.23. The molecular formula is C18H20N4OS. The third-order valence-electron chi connectivity index (χ3n) is 4.51. The zero-order valence-corrected chi connectivity index (χ0v) is 14.2. The van der Waals surface area contributed by atoms with Crippen LogP contribution in [0.15, 0.2) is 42.9 Å². The number of fused-ring (bicyclic) bond motifs is 1. The van der Waals surface area contributed by atoms with Gasteiger partial charge in [0, 0.05) is 30.0 Å². The van der Waals surface area contributed by atoms with Crippen molar-refractivity contribution in [3.05, 3.63) is 58.2 Å². The topological polar surface area (TPSA) is 58.4 Å². The largest absolute Gasteiger partial charge is 0.347 e. The summed E-state index contributed by atoms with van der Waals surface area (Å²) in [6, 6.07) is 8.07. The number of carbonyl (C=O) groups is 1. The average Bonchev–Trinajstić information content (AvgIpc) is 3.29. The summed E-state index contributed by atoms with van der Waals surface area (Å²) in [6.45, 7) is 2.66. The molecule has 1 aliphatic rings. The lowest BCUT2D eigenvalue weighted by molar-refractivity contribution is 0.0955. The first-order chi connectivity index (χ1) is 11.8. The third-order valence-corrected chi connectivity index (χ3v) is 5.75. The first kappa shape index (κ1) is 15.4. The molecule has 0 aliphatic carbocycles. The van der Waals surface area contributed by atoms with Gasteiger partial charge >= 0.3 is 0 Å². The maximum Gasteiger partial charge on any atom is 0.261 e. The zero-order chi connectivity index (χ0) is 16.4. The van der Waals surface area contributed by atoms with E-state index in [0.29, 0.717) is 12.5 Å². The molecule has 0 radical (unpaired) electrons. The minimum atomic E-state index is 0.00315. The first-order valence-corrected chi connectivity index (χ1v) is 9.11. The summed E-state index contributed by atoms with van der Waals surface area (Å²) in [5.74, 6) is 0.601. The summed E-state index contributed by atoms with van der Waals surface area (Å²) in [5.41, 5.74) is 1.95. The Kier molecular flexibility index (Phi) is 4.32. The van der Waals surface area contributed by atoms with Crippen LogP contribution in [0.5, 0.6) is 0 Å². The highest BCUT2D eigenvalue weighted by molar-refractivity contribution is 7.14. The highest BCUT2D eigenvalue weighted by Crippen LogP contribution is 2.31. The van der Waals surface area contributed by atoms with Gasteiger partial charge in [-0.3, -0.25) is 4.79 Å². The molecule has 5 nitrogen and oxygen atoms in total. The summed E-state index contributed by atoms with van der Waals surface area (Å²) < 4.78 is 1.95. The molecule has 0 bridgehead atoms. The maximum absolute atomic E-state index is 12.4. The SMILES string of the molecule is O=C(NCc1ccn2ccnc2c1)c1ccc(C2CCNCC2)s1. The Morgan fingerprint density at radius 3 is 3.04 bits per heavy atom. The Morgan fingerprint density at radius 2 is 2.17 bits per heavy atom. The second-order valence-electron chi connectivity index (χ2n) is 6.14. The smallest absolute Gasteiger partial charge is 0.261 e. The molecule has 1 fully saturated rings. The summed E-state index contributed by atoms with van der Waals surface area (Å²) in [5, 5.41) is 6.39. The molecule has 6 heteroatoms. The summed E-state index contributed by atoms with van der Waals surface area (Å²) in [6.07, 6.45) is 7.96. The van der Waals surface area contributed by atoms with Gasteiger partial charge in [-0.1, -0.05) is 0 Å². The van der Waals surface area contributed by atoms with Gasteiger partial charge in [0.15, 0.2) is 0 Å². The number of aromatic nitrogens is 2. The summed E-state index contributed by atoms with van der Waals surface area (Å²) >= 11 is 1.63. The van der Waals surface area contributed by atoms with Crippen molar-refractivity contribution in [2.24, 2.45) is 0 Å². The Hall–Kier alpha value is -2.18. The predicted molar refractivity (Wildman–Crippen MR) is 95.5 cm³/mol. The van der Waals surface area contributed by atoms with E-state index in [1.165, 1.54) is 4.88 Å². The Morgan fingerprint density at radius 1 is 1.29 bits per heavy atom. The van der Waals surface area contributed by atoms with Gasteiger partial charge in [-0.2, -0.15) is 0 Å². The number of thiophene rings is 1. The van der Waals surface area contributed by atoms with Crippen LogP contribution in [0.25, 0.3) is 5.65 Å². The molecule has 0 saturated carbocycles. The van der Waals surface area contributed by atoms with Gasteiger partial charge in [0.1, 0.15) is 5.65 Å². The van der Waals surface area contributed by atoms with Gasteiger partial charge in [0.05, 0.1) is 4.88 Å². The van der Waals surface area contributed by atoms with E-state index in [9.17, 15) is 4.79 Å². The number of hydrogen-bond donors (Lipinski definition) is 2. The zero-order valence-electron chi connectivity index (χ0n) is 13.4. The second-order valence-corrected chi connectivity index (χ2v) is 7.25. The van der Waals surface area contributed by atoms with Crippen molar-refractivity contribution in [1.82, 2.24) is 20.0 Å². The molecule has 2 N–H and O–H groups in total. The minimum Gasteiger partial charge on any atom is -0.347 e. The van der Waals surface area contributed by atoms with Crippen molar-refractivity contribution in [3.63, 3.8) is 0 Å². The monoisotopic (exact) mass is 340 g/mol. The van der Waals surface area contributed by atoms with Gasteiger partial charge in [0.25, 0.3) is 5.91 Å². The average molecular weight is 340 g/mol. The van der Waals surface area contributed by atoms with Crippen molar-refractivity contribution < 1.29 is 4.79 Å². The molecule has 1 amide bonds. The highest BCUT2D eigenvalue weighted by atomic mass is 32.1. The number of carbonyl (C=O) groups excluding carboxylic acids is 1. The predicted octanol–water partition coefficient (Wildman–Crippen LogP) is 2.79. The molecule has 1 saturated heterocycles. The maximum atomic E-state index is 12.4. The van der Waals surface area contributed by atoms with Gasteiger partial charge < -0.3 is 15.0 Å². The van der Waals surface area contributed by atoms with E-state index in [4.69, 9.17) is 0 Å². The Bertz CT molecular complexity index is 847. The molecule has 3 aromatic rings. The molecule has 124 valence electrons. The number of nitrogens with zero attached hydrogens (tertiary/aromatic N) is 2. The van der Waals surface area contributed by atoms with Gasteiger partial charge in [-0.25, -0.2) is 4.98 Å². The minimum absolute atomic E-state index is 0.00315. The second kappa shape index (κ2) is 6.75. The van der Waals surface area contributed by atoms with Crippen molar-refractivity contribution in [2.75, 3.05) is 13.1 Å². The van der Waals surface area contributed by atoms with E-state index in [1.54, 1.807) is 17.5 Å². The molecular weight excluding hydrogens is 320 g/mol. The lowest BCUT2D eigenvalue weighted by Gasteiger charge is -2.21. The van der Waals surface area contributed by atoms with Crippen molar-refractivity contribution >= 4 is 22.9 Å². The molecule has 0 unspecified atom stereocenters. The van der Waals surface area contributed by atoms with E-state index >= 15 is 0 Å². The number of amides is 1. The van der Waals surface area contributed by atoms with Crippen molar-refractivity contribution in [2.45, 2.75) is 25.3 Å². The van der Waals surface area contributed by atoms with Crippen molar-refractivity contribution in [1.29, 1.82) is 0 Å². The fourth-order valence-electron chi connectivity index (χ4n) is 3.13. The summed E-state index contributed by atoms with van der Waals surface area (Å²) in [4.78, 5) is 18.8. The highest BCUT2D eigenvalue weighted by Gasteiger charge is 2.18. The quantitative estimate of drug-likeness (QED) is 0.768. The molecule has 3 aromatic heterocycles. The molecule has 0 atom stereocenters. The molecule has 4 heterocycles. The fraction of sp³-hybridized carbons (Fsp3) is 0.333. The van der Waals surface area contributed by atoms with E-state index < -0.39 is 0 Å². The van der Waals surface area contributed by atoms with E-state index in [0.717, 1.165) is 42.0 Å². The van der Waals surface area contributed by atoms with Crippen LogP contribution in [-0.2, 0) is 6.54 Å². The molecule has 24 heavy (non-hydrogen) atoms. The molecule has 0 aromatic carbocycles. The number of pyridine rings is 1. The molecule has 0 spiro atoms. The van der Waals surface area contributed by atoms with E-state index in [2.05, 4.69) is 21.7 Å². The number of rotatable bonds is 4. The van der Waals surface area contributed by atoms with Crippen LogP contribution in [0.4, 0.5) is 0 Å². The van der Waals surface area contributed by atoms with Crippen LogP contribution >= 0.6 is 11.3 Å². The van der Waals surface area contributed by atoms with Gasteiger partial charge in [0.2, 0.25) is 0 Å². The van der Waals surface area contributed by atoms with Crippen LogP contribution in [0.1, 0.15) is 38.9 Å². The number of nitrogens with one attached hydrogen (secondary N) is 2. The van der Waals surface area contributed by atoms with E-state index in [1.807, 2.05) is 35.0 Å². The van der Waals surface area contributed by atoms with Crippen LogP contribution in [0, 0.1) is 0 Å². The van der Waals surface area contributed by atoms with Gasteiger partial charge in [-0.15, -0.1) is 11.3 Å². The Labute approximate surface area is 144 Å². The lowest BCUT2D eigenvalue weighted by atomic mass is 9.97. The number of piperidine rings is 1. The Balaban J connectivity index is 1.39. The third kappa shape index (κ3) is 3.20. The van der Waals surface area contributed by atoms with Crippen molar-refractivity contribution in [3.8, 4) is 0 Å². The van der Waals surface area contributed by atoms with Gasteiger partial charge in [-0.05, 0) is 61.7 Å². The van der Waals surface area contributed by atoms with Crippen LogP contribution in [-0.4, -0.2) is 28.4 Å². The van der Waals surface area contributed by atoms with Crippen LogP contribution in [0.3, 0.4) is 0 Å². The van der Waals surface area contributed by atoms with Crippen LogP contribution < -0.4 is 10.6 Å². The van der Waals surface area contributed by atoms with E-state index in [-0.39, 0.29) is 5.91 Å². The van der Waals surface area contributed by atoms with Crippen LogP contribution in [0.2, 0.25) is 0 Å². The number of imidazole rings is 1. The lowest BCUT2D eigenvalue weighted by Crippen LogP contribution is -2.26. The first-order valence-electron chi connectivity index (χ1n) is 8.30. The number of hydrogen-bond acceptors (Lipinski definition) is 4. The normalized spacial score (nSPS) is 15.7.